The highest BCUT2D eigenvalue weighted by atomic mass is 35.5. The normalized spacial score (nSPS) is 17.3. The van der Waals surface area contributed by atoms with Gasteiger partial charge in [-0.2, -0.15) is 5.10 Å². The Morgan fingerprint density at radius 2 is 2.29 bits per heavy atom. The number of urea groups is 1. The first-order valence-corrected chi connectivity index (χ1v) is 8.33. The van der Waals surface area contributed by atoms with Crippen LogP contribution in [-0.2, 0) is 20.0 Å². The molecule has 24 heavy (non-hydrogen) atoms. The summed E-state index contributed by atoms with van der Waals surface area (Å²) in [5, 5.41) is 7.11. The minimum atomic E-state index is -0.454. The summed E-state index contributed by atoms with van der Waals surface area (Å²) in [5.41, 5.74) is 1.98. The minimum Gasteiger partial charge on any atom is -0.334 e. The highest BCUT2D eigenvalue weighted by molar-refractivity contribution is 6.30. The van der Waals surface area contributed by atoms with Crippen LogP contribution in [0.4, 0.5) is 9.18 Å². The number of halogens is 2. The van der Waals surface area contributed by atoms with Crippen LogP contribution in [-0.4, -0.2) is 33.8 Å². The summed E-state index contributed by atoms with van der Waals surface area (Å²) in [6, 6.07) is 4.37. The van der Waals surface area contributed by atoms with E-state index in [1.54, 1.807) is 10.7 Å². The third kappa shape index (κ3) is 4.06. The van der Waals surface area contributed by atoms with E-state index < -0.39 is 5.82 Å². The maximum absolute atomic E-state index is 13.1. The minimum absolute atomic E-state index is 0.0689. The molecule has 128 valence electrons. The molecule has 3 rings (SSSR count). The molecule has 0 aliphatic carbocycles. The third-order valence-corrected chi connectivity index (χ3v) is 4.57. The average Bonchev–Trinajstić information content (AvgIpc) is 3.18. The Morgan fingerprint density at radius 3 is 3.00 bits per heavy atom. The first kappa shape index (κ1) is 16.8. The van der Waals surface area contributed by atoms with Gasteiger partial charge in [0.1, 0.15) is 5.82 Å². The number of hydrogen-bond acceptors (Lipinski definition) is 2. The third-order valence-electron chi connectivity index (χ3n) is 4.28. The van der Waals surface area contributed by atoms with E-state index in [4.69, 9.17) is 11.6 Å². The van der Waals surface area contributed by atoms with Gasteiger partial charge in [0.15, 0.2) is 0 Å². The maximum atomic E-state index is 13.1. The van der Waals surface area contributed by atoms with Gasteiger partial charge in [-0.3, -0.25) is 4.68 Å². The van der Waals surface area contributed by atoms with Crippen molar-refractivity contribution < 1.29 is 9.18 Å². The lowest BCUT2D eigenvalue weighted by molar-refractivity contribution is 0.206. The van der Waals surface area contributed by atoms with Gasteiger partial charge in [0.2, 0.25) is 0 Å². The number of rotatable bonds is 4. The zero-order valence-corrected chi connectivity index (χ0v) is 14.3. The summed E-state index contributed by atoms with van der Waals surface area (Å²) in [6.07, 6.45) is 5.82. The smallest absolute Gasteiger partial charge is 0.317 e. The number of amides is 2. The van der Waals surface area contributed by atoms with Crippen LogP contribution in [0.1, 0.15) is 17.5 Å². The van der Waals surface area contributed by atoms with E-state index in [0.717, 1.165) is 31.5 Å². The number of carbonyl (C=O) groups excluding carboxylic acids is 1. The first-order chi connectivity index (χ1) is 11.5. The van der Waals surface area contributed by atoms with Crippen LogP contribution < -0.4 is 5.32 Å². The molecule has 5 nitrogen and oxygen atoms in total. The molecule has 0 radical (unpaired) electrons. The van der Waals surface area contributed by atoms with Crippen LogP contribution in [0, 0.1) is 11.7 Å². The van der Waals surface area contributed by atoms with Crippen LogP contribution in [0.5, 0.6) is 0 Å². The molecule has 2 aromatic rings. The topological polar surface area (TPSA) is 50.2 Å². The maximum Gasteiger partial charge on any atom is 0.317 e. The summed E-state index contributed by atoms with van der Waals surface area (Å²) in [7, 11) is 1.90. The lowest BCUT2D eigenvalue weighted by Gasteiger charge is -2.17. The second-order valence-corrected chi connectivity index (χ2v) is 6.64. The Morgan fingerprint density at radius 1 is 1.46 bits per heavy atom. The molecule has 1 fully saturated rings. The highest BCUT2D eigenvalue weighted by Gasteiger charge is 2.26. The molecule has 0 bridgehead atoms. The predicted molar refractivity (Wildman–Crippen MR) is 90.2 cm³/mol. The quantitative estimate of drug-likeness (QED) is 0.921. The second-order valence-electron chi connectivity index (χ2n) is 6.23. The molecule has 7 heteroatoms. The number of hydrogen-bond donors (Lipinski definition) is 1. The Kier molecular flexibility index (Phi) is 5.04. The zero-order chi connectivity index (χ0) is 17.1. The Balaban J connectivity index is 1.48. The van der Waals surface area contributed by atoms with Gasteiger partial charge in [0, 0.05) is 32.9 Å². The number of nitrogens with zero attached hydrogens (tertiary/aromatic N) is 3. The molecule has 1 N–H and O–H groups in total. The second kappa shape index (κ2) is 7.21. The lowest BCUT2D eigenvalue weighted by Crippen LogP contribution is -2.38. The number of likely N-dealkylation sites (tertiary alicyclic amines) is 1. The molecule has 1 saturated heterocycles. The van der Waals surface area contributed by atoms with Crippen molar-refractivity contribution in [1.29, 1.82) is 0 Å². The van der Waals surface area contributed by atoms with E-state index in [1.807, 2.05) is 24.3 Å². The number of benzene rings is 1. The number of nitrogens with one attached hydrogen (secondary N) is 1. The molecule has 0 saturated carbocycles. The standard InChI is InChI=1S/C17H20ClFN4O/c1-22-10-14(9-21-22)6-13-4-5-23(11-13)17(24)20-8-12-2-3-16(19)15(18)7-12/h2-3,7,9-10,13H,4-6,8,11H2,1H3,(H,20,24). The van der Waals surface area contributed by atoms with Gasteiger partial charge in [-0.05, 0) is 42.0 Å². The fraction of sp³-hybridized carbons (Fsp3) is 0.412. The fourth-order valence-corrected chi connectivity index (χ4v) is 3.24. The van der Waals surface area contributed by atoms with E-state index in [9.17, 15) is 9.18 Å². The molecule has 1 aromatic carbocycles. The SMILES string of the molecule is Cn1cc(CC2CCN(C(=O)NCc3ccc(F)c(Cl)c3)C2)cn1. The van der Waals surface area contributed by atoms with E-state index >= 15 is 0 Å². The van der Waals surface area contributed by atoms with E-state index in [1.165, 1.54) is 17.7 Å². The number of aryl methyl sites for hydroxylation is 1. The van der Waals surface area contributed by atoms with Gasteiger partial charge < -0.3 is 10.2 Å². The van der Waals surface area contributed by atoms with Crippen molar-refractivity contribution in [1.82, 2.24) is 20.0 Å². The van der Waals surface area contributed by atoms with Gasteiger partial charge in [0.05, 0.1) is 11.2 Å². The predicted octanol–water partition coefficient (Wildman–Crippen LogP) is 2.99. The Labute approximate surface area is 145 Å². The van der Waals surface area contributed by atoms with Crippen LogP contribution in [0.15, 0.2) is 30.6 Å². The molecule has 1 unspecified atom stereocenters. The first-order valence-electron chi connectivity index (χ1n) is 7.95. The van der Waals surface area contributed by atoms with Crippen LogP contribution in [0.25, 0.3) is 0 Å². The van der Waals surface area contributed by atoms with E-state index in [-0.39, 0.29) is 11.1 Å². The van der Waals surface area contributed by atoms with Crippen LogP contribution >= 0.6 is 11.6 Å². The van der Waals surface area contributed by atoms with Gasteiger partial charge in [0.25, 0.3) is 0 Å². The molecule has 2 heterocycles. The van der Waals surface area contributed by atoms with Crippen molar-refractivity contribution in [3.8, 4) is 0 Å². The Hall–Kier alpha value is -2.08. The van der Waals surface area contributed by atoms with Gasteiger partial charge in [-0.25, -0.2) is 9.18 Å². The summed E-state index contributed by atoms with van der Waals surface area (Å²) < 4.78 is 14.9. The lowest BCUT2D eigenvalue weighted by atomic mass is 10.0. The van der Waals surface area contributed by atoms with Crippen molar-refractivity contribution >= 4 is 17.6 Å². The Bertz CT molecular complexity index is 733. The van der Waals surface area contributed by atoms with Crippen molar-refractivity contribution in [2.24, 2.45) is 13.0 Å². The molecule has 1 atom stereocenters. The van der Waals surface area contributed by atoms with Crippen molar-refractivity contribution in [3.05, 3.63) is 52.6 Å². The molecular formula is C17H20ClFN4O. The monoisotopic (exact) mass is 350 g/mol. The van der Waals surface area contributed by atoms with Crippen molar-refractivity contribution in [2.45, 2.75) is 19.4 Å². The molecule has 0 spiro atoms. The molecule has 1 aromatic heterocycles. The molecular weight excluding hydrogens is 331 g/mol. The largest absolute Gasteiger partial charge is 0.334 e. The number of carbonyl (C=O) groups is 1. The summed E-state index contributed by atoms with van der Waals surface area (Å²) in [6.45, 7) is 1.83. The van der Waals surface area contributed by atoms with Crippen LogP contribution in [0.3, 0.4) is 0 Å². The molecule has 1 aliphatic rings. The molecule has 2 amide bonds. The van der Waals surface area contributed by atoms with Gasteiger partial charge in [-0.15, -0.1) is 0 Å². The van der Waals surface area contributed by atoms with E-state index in [2.05, 4.69) is 10.4 Å². The summed E-state index contributed by atoms with van der Waals surface area (Å²) >= 11 is 5.75. The molecule has 1 aliphatic heterocycles. The summed E-state index contributed by atoms with van der Waals surface area (Å²) in [4.78, 5) is 14.1. The average molecular weight is 351 g/mol. The van der Waals surface area contributed by atoms with E-state index in [0.29, 0.717) is 12.5 Å². The van der Waals surface area contributed by atoms with Gasteiger partial charge >= 0.3 is 6.03 Å². The van der Waals surface area contributed by atoms with Crippen LogP contribution in [0.2, 0.25) is 5.02 Å². The highest BCUT2D eigenvalue weighted by Crippen LogP contribution is 2.21. The fourth-order valence-electron chi connectivity index (χ4n) is 3.03. The zero-order valence-electron chi connectivity index (χ0n) is 13.5. The van der Waals surface area contributed by atoms with Crippen molar-refractivity contribution in [2.75, 3.05) is 13.1 Å². The number of aromatic nitrogens is 2. The summed E-state index contributed by atoms with van der Waals surface area (Å²) in [5.74, 6) is 0.00439. The van der Waals surface area contributed by atoms with Crippen molar-refractivity contribution in [3.63, 3.8) is 0 Å². The van der Waals surface area contributed by atoms with Gasteiger partial charge in [-0.1, -0.05) is 17.7 Å².